The van der Waals surface area contributed by atoms with Gasteiger partial charge in [-0.25, -0.2) is 4.79 Å². The average molecular weight is 385 g/mol. The molecule has 1 saturated carbocycles. The average Bonchev–Trinajstić information content (AvgIpc) is 3.12. The normalized spacial score (nSPS) is 18.3. The van der Waals surface area contributed by atoms with E-state index in [1.165, 1.54) is 5.56 Å². The van der Waals surface area contributed by atoms with Crippen molar-refractivity contribution in [1.29, 1.82) is 0 Å². The molecule has 7 heteroatoms. The van der Waals surface area contributed by atoms with Crippen LogP contribution >= 0.6 is 11.8 Å². The van der Waals surface area contributed by atoms with E-state index >= 15 is 0 Å². The zero-order chi connectivity index (χ0) is 19.0. The second-order valence-corrected chi connectivity index (χ2v) is 8.92. The fourth-order valence-corrected chi connectivity index (χ4v) is 5.49. The van der Waals surface area contributed by atoms with Crippen molar-refractivity contribution in [2.24, 2.45) is 0 Å². The maximum Gasteiger partial charge on any atom is 0.325 e. The van der Waals surface area contributed by atoms with E-state index in [-0.39, 0.29) is 12.5 Å². The molecule has 4 rings (SSSR count). The standard InChI is InChI=1S/C20H23N3O3S/c1-13-4-6-14(7-5-13)27-20(9-2-3-10-20)18(25)23-11-8-16-15(12-23)17(24)22-19(26)21-16/h4-7H,2-3,8-12H2,1H3,(H2,21,22,24,26). The van der Waals surface area contributed by atoms with E-state index in [9.17, 15) is 14.4 Å². The van der Waals surface area contributed by atoms with Crippen LogP contribution in [-0.4, -0.2) is 32.1 Å². The van der Waals surface area contributed by atoms with Gasteiger partial charge in [-0.05, 0) is 31.9 Å². The summed E-state index contributed by atoms with van der Waals surface area (Å²) in [5, 5.41) is 0. The number of fused-ring (bicyclic) bond motifs is 1. The number of hydrogen-bond donors (Lipinski definition) is 2. The van der Waals surface area contributed by atoms with Gasteiger partial charge in [0.1, 0.15) is 0 Å². The van der Waals surface area contributed by atoms with Crippen molar-refractivity contribution in [1.82, 2.24) is 14.9 Å². The molecule has 0 atom stereocenters. The summed E-state index contributed by atoms with van der Waals surface area (Å²) in [5.41, 5.74) is 1.48. The Morgan fingerprint density at radius 1 is 1.11 bits per heavy atom. The molecular formula is C20H23N3O3S. The molecule has 1 amide bonds. The monoisotopic (exact) mass is 385 g/mol. The van der Waals surface area contributed by atoms with E-state index in [4.69, 9.17) is 0 Å². The summed E-state index contributed by atoms with van der Waals surface area (Å²) in [4.78, 5) is 45.0. The minimum Gasteiger partial charge on any atom is -0.336 e. The third kappa shape index (κ3) is 3.48. The highest BCUT2D eigenvalue weighted by molar-refractivity contribution is 8.01. The van der Waals surface area contributed by atoms with E-state index in [2.05, 4.69) is 41.2 Å². The second-order valence-electron chi connectivity index (χ2n) is 7.46. The van der Waals surface area contributed by atoms with Gasteiger partial charge in [0.05, 0.1) is 16.9 Å². The number of rotatable bonds is 3. The molecule has 142 valence electrons. The van der Waals surface area contributed by atoms with Gasteiger partial charge in [-0.1, -0.05) is 30.5 Å². The van der Waals surface area contributed by atoms with Crippen LogP contribution in [0.2, 0.25) is 0 Å². The maximum atomic E-state index is 13.5. The van der Waals surface area contributed by atoms with Crippen molar-refractivity contribution in [2.45, 2.75) is 55.2 Å². The minimum atomic E-state index is -0.485. The third-order valence-corrected chi connectivity index (χ3v) is 7.01. The summed E-state index contributed by atoms with van der Waals surface area (Å²) in [6, 6.07) is 8.30. The number of carbonyl (C=O) groups is 1. The molecule has 1 fully saturated rings. The highest BCUT2D eigenvalue weighted by Gasteiger charge is 2.45. The van der Waals surface area contributed by atoms with Crippen LogP contribution in [0, 0.1) is 6.92 Å². The number of nitrogens with zero attached hydrogens (tertiary/aromatic N) is 1. The van der Waals surface area contributed by atoms with Crippen molar-refractivity contribution >= 4 is 17.7 Å². The van der Waals surface area contributed by atoms with Gasteiger partial charge in [0.25, 0.3) is 5.56 Å². The lowest BCUT2D eigenvalue weighted by molar-refractivity contribution is -0.134. The van der Waals surface area contributed by atoms with Crippen LogP contribution in [0.5, 0.6) is 0 Å². The van der Waals surface area contributed by atoms with Gasteiger partial charge in [-0.2, -0.15) is 0 Å². The first-order valence-electron chi connectivity index (χ1n) is 9.36. The van der Waals surface area contributed by atoms with E-state index < -0.39 is 16.0 Å². The van der Waals surface area contributed by atoms with E-state index in [0.29, 0.717) is 24.2 Å². The first-order valence-corrected chi connectivity index (χ1v) is 10.2. The third-order valence-electron chi connectivity index (χ3n) is 5.53. The minimum absolute atomic E-state index is 0.113. The molecule has 2 aliphatic rings. The lowest BCUT2D eigenvalue weighted by Crippen LogP contribution is -2.49. The van der Waals surface area contributed by atoms with Crippen LogP contribution in [0.4, 0.5) is 0 Å². The molecule has 27 heavy (non-hydrogen) atoms. The number of aryl methyl sites for hydroxylation is 1. The van der Waals surface area contributed by atoms with E-state index in [1.54, 1.807) is 16.7 Å². The Morgan fingerprint density at radius 3 is 2.52 bits per heavy atom. The molecule has 0 bridgehead atoms. The number of thioether (sulfide) groups is 1. The Hall–Kier alpha value is -2.28. The summed E-state index contributed by atoms with van der Waals surface area (Å²) in [6.07, 6.45) is 4.31. The smallest absolute Gasteiger partial charge is 0.325 e. The number of H-pyrrole nitrogens is 2. The number of amides is 1. The predicted molar refractivity (Wildman–Crippen MR) is 105 cm³/mol. The molecule has 2 heterocycles. The number of carbonyl (C=O) groups excluding carboxylic acids is 1. The van der Waals surface area contributed by atoms with Crippen molar-refractivity contribution in [3.8, 4) is 0 Å². The molecule has 6 nitrogen and oxygen atoms in total. The quantitative estimate of drug-likeness (QED) is 0.849. The van der Waals surface area contributed by atoms with Crippen LogP contribution < -0.4 is 11.2 Å². The fraction of sp³-hybridized carbons (Fsp3) is 0.450. The highest BCUT2D eigenvalue weighted by Crippen LogP contribution is 2.47. The molecule has 1 aliphatic heterocycles. The summed E-state index contributed by atoms with van der Waals surface area (Å²) < 4.78 is -0.457. The summed E-state index contributed by atoms with van der Waals surface area (Å²) in [5.74, 6) is 0.113. The lowest BCUT2D eigenvalue weighted by Gasteiger charge is -2.36. The number of hydrogen-bond acceptors (Lipinski definition) is 4. The van der Waals surface area contributed by atoms with Crippen LogP contribution in [0.3, 0.4) is 0 Å². The van der Waals surface area contributed by atoms with E-state index in [1.807, 2.05) is 0 Å². The molecular weight excluding hydrogens is 362 g/mol. The van der Waals surface area contributed by atoms with Crippen molar-refractivity contribution in [3.63, 3.8) is 0 Å². The second kappa shape index (κ2) is 7.03. The van der Waals surface area contributed by atoms with Crippen LogP contribution in [0.15, 0.2) is 38.8 Å². The van der Waals surface area contributed by atoms with Gasteiger partial charge in [0.15, 0.2) is 0 Å². The topological polar surface area (TPSA) is 86.0 Å². The van der Waals surface area contributed by atoms with E-state index in [0.717, 1.165) is 30.6 Å². The molecule has 2 N–H and O–H groups in total. The molecule has 0 unspecified atom stereocenters. The number of benzene rings is 1. The van der Waals surface area contributed by atoms with Crippen molar-refractivity contribution < 1.29 is 4.79 Å². The van der Waals surface area contributed by atoms with Gasteiger partial charge in [0, 0.05) is 23.6 Å². The lowest BCUT2D eigenvalue weighted by atomic mass is 10.0. The van der Waals surface area contributed by atoms with Crippen LogP contribution in [-0.2, 0) is 17.8 Å². The van der Waals surface area contributed by atoms with Crippen molar-refractivity contribution in [2.75, 3.05) is 6.54 Å². The number of aromatic amines is 2. The SMILES string of the molecule is Cc1ccc(SC2(C(=O)N3CCc4[nH]c(=O)[nH]c(=O)c4C3)CCCC2)cc1. The van der Waals surface area contributed by atoms with Crippen LogP contribution in [0.1, 0.15) is 42.5 Å². The summed E-state index contributed by atoms with van der Waals surface area (Å²) >= 11 is 1.66. The summed E-state index contributed by atoms with van der Waals surface area (Å²) in [6.45, 7) is 2.84. The number of aromatic nitrogens is 2. The zero-order valence-electron chi connectivity index (χ0n) is 15.3. The van der Waals surface area contributed by atoms with Crippen molar-refractivity contribution in [3.05, 3.63) is 61.9 Å². The van der Waals surface area contributed by atoms with Crippen LogP contribution in [0.25, 0.3) is 0 Å². The van der Waals surface area contributed by atoms with Gasteiger partial charge in [-0.3, -0.25) is 14.6 Å². The molecule has 1 aliphatic carbocycles. The Bertz CT molecular complexity index is 971. The maximum absolute atomic E-state index is 13.5. The largest absolute Gasteiger partial charge is 0.336 e. The fourth-order valence-electron chi connectivity index (χ4n) is 4.06. The van der Waals surface area contributed by atoms with Gasteiger partial charge in [-0.15, -0.1) is 11.8 Å². The predicted octanol–water partition coefficient (Wildman–Crippen LogP) is 2.36. The number of nitrogens with one attached hydrogen (secondary N) is 2. The molecule has 0 radical (unpaired) electrons. The highest BCUT2D eigenvalue weighted by atomic mass is 32.2. The Kier molecular flexibility index (Phi) is 4.72. The molecule has 2 aromatic rings. The van der Waals surface area contributed by atoms with Gasteiger partial charge >= 0.3 is 5.69 Å². The molecule has 0 saturated heterocycles. The Labute approximate surface area is 161 Å². The van der Waals surface area contributed by atoms with Gasteiger partial charge < -0.3 is 9.88 Å². The first kappa shape index (κ1) is 18.1. The molecule has 0 spiro atoms. The van der Waals surface area contributed by atoms with Gasteiger partial charge in [0.2, 0.25) is 5.91 Å². The zero-order valence-corrected chi connectivity index (χ0v) is 16.2. The molecule has 1 aromatic heterocycles. The Balaban J connectivity index is 1.60. The summed E-state index contributed by atoms with van der Waals surface area (Å²) in [7, 11) is 0. The molecule has 1 aromatic carbocycles. The first-order chi connectivity index (χ1) is 13.0. The Morgan fingerprint density at radius 2 is 1.81 bits per heavy atom.